The van der Waals surface area contributed by atoms with Crippen LogP contribution in [0.5, 0.6) is 23.0 Å². The van der Waals surface area contributed by atoms with Gasteiger partial charge < -0.3 is 59.9 Å². The van der Waals surface area contributed by atoms with Gasteiger partial charge in [0.15, 0.2) is 5.75 Å². The topological polar surface area (TPSA) is 223 Å². The van der Waals surface area contributed by atoms with Gasteiger partial charge in [-0.05, 0) is 32.8 Å². The van der Waals surface area contributed by atoms with E-state index in [0.717, 1.165) is 0 Å². The molecule has 58 heavy (non-hydrogen) atoms. The third-order valence-electron chi connectivity index (χ3n) is 11.9. The molecule has 4 aliphatic rings. The fourth-order valence-corrected chi connectivity index (χ4v) is 8.11. The van der Waals surface area contributed by atoms with Gasteiger partial charge in [0.05, 0.1) is 41.2 Å². The van der Waals surface area contributed by atoms with Gasteiger partial charge in [-0.1, -0.05) is 45.9 Å². The maximum absolute atomic E-state index is 14.4. The van der Waals surface area contributed by atoms with Crippen molar-refractivity contribution in [3.8, 4) is 23.0 Å². The average molecular weight is 811 g/mol. The fraction of sp³-hybridized carbons (Fsp3) is 0.558. The molecule has 7 N–H and O–H groups in total. The lowest BCUT2D eigenvalue weighted by atomic mass is 9.78. The van der Waals surface area contributed by atoms with Crippen LogP contribution in [0.25, 0.3) is 10.8 Å². The average Bonchev–Trinajstić information content (AvgIpc) is 3.46. The minimum absolute atomic E-state index is 0.0143. The molecule has 0 spiro atoms. The number of ether oxygens (including phenoxy) is 5. The molecule has 1 saturated heterocycles. The number of phenols is 3. The zero-order chi connectivity index (χ0) is 42.8. The van der Waals surface area contributed by atoms with E-state index in [1.807, 2.05) is 0 Å². The van der Waals surface area contributed by atoms with Crippen LogP contribution in [-0.2, 0) is 35.1 Å². The summed E-state index contributed by atoms with van der Waals surface area (Å²) < 4.78 is 29.1. The van der Waals surface area contributed by atoms with E-state index in [4.69, 9.17) is 23.7 Å². The van der Waals surface area contributed by atoms with Crippen molar-refractivity contribution in [2.45, 2.75) is 111 Å². The van der Waals surface area contributed by atoms with E-state index in [0.29, 0.717) is 26.1 Å². The largest absolute Gasteiger partial charge is 0.507 e. The number of carbonyl (C=O) groups excluding carboxylic acids is 3. The second-order valence-electron chi connectivity index (χ2n) is 16.0. The number of Topliss-reactive ketones (excluding diaryl/α,β-unsaturated/α-hetero) is 1. The number of benzene rings is 2. The van der Waals surface area contributed by atoms with Crippen LogP contribution in [0, 0.1) is 30.6 Å². The summed E-state index contributed by atoms with van der Waals surface area (Å²) in [7, 11) is 1.44. The summed E-state index contributed by atoms with van der Waals surface area (Å²) >= 11 is 0. The second-order valence-corrected chi connectivity index (χ2v) is 16.0. The molecule has 318 valence electrons. The number of phenolic OH excluding ortho intramolecular Hbond substituents is 3. The molecule has 1 fully saturated rings. The highest BCUT2D eigenvalue weighted by atomic mass is 16.7. The van der Waals surface area contributed by atoms with Crippen molar-refractivity contribution in [3.63, 3.8) is 0 Å². The minimum atomic E-state index is -2.02. The van der Waals surface area contributed by atoms with Gasteiger partial charge in [0.2, 0.25) is 0 Å². The summed E-state index contributed by atoms with van der Waals surface area (Å²) in [5, 5.41) is 64.0. The molecule has 0 aliphatic carbocycles. The van der Waals surface area contributed by atoms with E-state index in [2.05, 4.69) is 10.6 Å². The van der Waals surface area contributed by atoms with Crippen LogP contribution in [0.4, 0.5) is 5.69 Å². The third kappa shape index (κ3) is 8.69. The Morgan fingerprint density at radius 3 is 2.26 bits per heavy atom. The van der Waals surface area contributed by atoms with E-state index in [1.54, 1.807) is 46.8 Å². The van der Waals surface area contributed by atoms with Crippen molar-refractivity contribution in [2.24, 2.45) is 23.7 Å². The highest BCUT2D eigenvalue weighted by molar-refractivity contribution is 6.22. The second kappa shape index (κ2) is 18.1. The zero-order valence-corrected chi connectivity index (χ0v) is 34.6. The number of hydrogen-bond donors (Lipinski definition) is 7. The molecule has 2 aromatic carbocycles. The van der Waals surface area contributed by atoms with Crippen LogP contribution in [0.15, 0.2) is 36.1 Å². The molecule has 15 heteroatoms. The monoisotopic (exact) mass is 810 g/mol. The van der Waals surface area contributed by atoms with Crippen molar-refractivity contribution in [1.82, 2.24) is 5.32 Å². The van der Waals surface area contributed by atoms with E-state index in [-0.39, 0.29) is 57.1 Å². The highest BCUT2D eigenvalue weighted by Crippen LogP contribution is 2.55. The molecule has 4 heterocycles. The first-order valence-corrected chi connectivity index (χ1v) is 19.7. The van der Waals surface area contributed by atoms with E-state index < -0.39 is 88.8 Å². The number of ketones is 1. The predicted octanol–water partition coefficient (Wildman–Crippen LogP) is 5.02. The first-order chi connectivity index (χ1) is 27.3. The molecule has 0 aromatic heterocycles. The van der Waals surface area contributed by atoms with Gasteiger partial charge in [0.1, 0.15) is 23.4 Å². The fourth-order valence-electron chi connectivity index (χ4n) is 8.11. The summed E-state index contributed by atoms with van der Waals surface area (Å²) in [6.45, 7) is 13.6. The standard InChI is InChI=1S/C43H58N2O13/c1-20-11-10-12-21(2)42(53)45-33-28(19-44-27-13-16-55-17-14-27)37(50)30-31(38(33)51)36(49)25(6)40-32(30)41(52)43(8,58-40)56-18-15-29(54-9)22(3)39(57-26(7)46)24(5)35(48)23(4)34(20)47/h10-12,15,18,20,22-24,27,29,34-35,39,44,47-51H,13-14,16-17,19H2,1-9H3,(H,45,53)/b11-10+,18-15+,21-12-/t20-,22+,23+,24+,29-,34-,35+,39+,43-/m0/s1. The minimum Gasteiger partial charge on any atom is -0.507 e. The van der Waals surface area contributed by atoms with Crippen LogP contribution >= 0.6 is 0 Å². The summed E-state index contributed by atoms with van der Waals surface area (Å²) in [5.41, 5.74) is 0.0184. The summed E-state index contributed by atoms with van der Waals surface area (Å²) in [6.07, 6.45) is 5.01. The van der Waals surface area contributed by atoms with E-state index in [1.165, 1.54) is 46.3 Å². The maximum atomic E-state index is 14.4. The Balaban J connectivity index is 1.68. The van der Waals surface area contributed by atoms with Crippen LogP contribution in [0.1, 0.15) is 82.8 Å². The lowest BCUT2D eigenvalue weighted by Gasteiger charge is -2.38. The lowest BCUT2D eigenvalue weighted by molar-refractivity contribution is -0.160. The number of aromatic hydroxyl groups is 3. The number of allylic oxidation sites excluding steroid dienone is 2. The van der Waals surface area contributed by atoms with Gasteiger partial charge in [-0.25, -0.2) is 0 Å². The molecule has 2 aromatic rings. The normalized spacial score (nSPS) is 32.2. The van der Waals surface area contributed by atoms with Crippen molar-refractivity contribution in [1.29, 1.82) is 0 Å². The predicted molar refractivity (Wildman–Crippen MR) is 214 cm³/mol. The quantitative estimate of drug-likeness (QED) is 0.120. The van der Waals surface area contributed by atoms with Gasteiger partial charge in [-0.15, -0.1) is 0 Å². The van der Waals surface area contributed by atoms with Gasteiger partial charge in [0, 0.05) is 92.5 Å². The summed E-state index contributed by atoms with van der Waals surface area (Å²) in [6, 6.07) is -0.0143. The molecule has 5 bridgehead atoms. The van der Waals surface area contributed by atoms with Crippen molar-refractivity contribution < 1.29 is 63.6 Å². The number of aliphatic hydroxyl groups is 2. The number of anilines is 1. The molecule has 1 amide bonds. The Morgan fingerprint density at radius 1 is 0.948 bits per heavy atom. The van der Waals surface area contributed by atoms with Crippen LogP contribution in [-0.4, -0.2) is 99.8 Å². The Bertz CT molecular complexity index is 1990. The molecule has 9 atom stereocenters. The number of rotatable bonds is 5. The van der Waals surface area contributed by atoms with Gasteiger partial charge in [-0.2, -0.15) is 0 Å². The molecule has 6 rings (SSSR count). The van der Waals surface area contributed by atoms with Crippen molar-refractivity contribution in [3.05, 3.63) is 52.8 Å². The molecule has 15 nitrogen and oxygen atoms in total. The van der Waals surface area contributed by atoms with Crippen LogP contribution < -0.4 is 15.4 Å². The molecule has 4 aliphatic heterocycles. The third-order valence-corrected chi connectivity index (χ3v) is 11.9. The molecule has 0 saturated carbocycles. The Labute approximate surface area is 338 Å². The SMILES string of the molecule is CO[C@H]1/C=C/O[C@@]2(C)Oc3c(C)c(O)c4c(O)c(c(CNC5CCOCC5)c(O)c4c3C2=O)NC(=O)/C(C)=C\C=C\[C@H](C)[C@H](O)[C@@H](C)[C@@H](O)[C@@H](C)[C@H](OC(C)=O)[C@@H]1C. The number of fused-ring (bicyclic) bond motifs is 14. The van der Waals surface area contributed by atoms with E-state index >= 15 is 0 Å². The smallest absolute Gasteiger partial charge is 0.312 e. The Hall–Kier alpha value is -4.67. The molecule has 0 radical (unpaired) electrons. The highest BCUT2D eigenvalue weighted by Gasteiger charge is 2.50. The number of nitrogens with one attached hydrogen (secondary N) is 2. The summed E-state index contributed by atoms with van der Waals surface area (Å²) in [5.74, 6) is -8.03. The van der Waals surface area contributed by atoms with Gasteiger partial charge in [0.25, 0.3) is 11.7 Å². The molecular weight excluding hydrogens is 752 g/mol. The zero-order valence-electron chi connectivity index (χ0n) is 34.6. The molecule has 0 unspecified atom stereocenters. The van der Waals surface area contributed by atoms with E-state index in [9.17, 15) is 39.9 Å². The van der Waals surface area contributed by atoms with Crippen molar-refractivity contribution >= 4 is 34.1 Å². The number of carbonyl (C=O) groups is 3. The summed E-state index contributed by atoms with van der Waals surface area (Å²) in [4.78, 5) is 40.5. The van der Waals surface area contributed by atoms with Crippen LogP contribution in [0.2, 0.25) is 0 Å². The number of hydrogen-bond acceptors (Lipinski definition) is 14. The first kappa shape index (κ1) is 44.4. The Kier molecular flexibility index (Phi) is 13.8. The Morgan fingerprint density at radius 2 is 1.62 bits per heavy atom. The number of methoxy groups -OCH3 is 1. The number of aliphatic hydroxyl groups excluding tert-OH is 2. The van der Waals surface area contributed by atoms with Gasteiger partial charge >= 0.3 is 11.8 Å². The molecular formula is C43H58N2O13. The van der Waals surface area contributed by atoms with Crippen LogP contribution in [0.3, 0.4) is 0 Å². The number of esters is 1. The van der Waals surface area contributed by atoms with Gasteiger partial charge in [-0.3, -0.25) is 14.4 Å². The maximum Gasteiger partial charge on any atom is 0.312 e. The number of amides is 1. The lowest BCUT2D eigenvalue weighted by Crippen LogP contribution is -2.46. The van der Waals surface area contributed by atoms with Crippen molar-refractivity contribution in [2.75, 3.05) is 25.6 Å². The first-order valence-electron chi connectivity index (χ1n) is 19.7.